The molecule has 0 saturated heterocycles. The average molecular weight is 318 g/mol. The van der Waals surface area contributed by atoms with E-state index in [1.807, 2.05) is 0 Å². The van der Waals surface area contributed by atoms with Crippen LogP contribution in [0.2, 0.25) is 0 Å². The third-order valence-electron chi connectivity index (χ3n) is 2.08. The van der Waals surface area contributed by atoms with Crippen molar-refractivity contribution in [2.75, 3.05) is 14.2 Å². The van der Waals surface area contributed by atoms with Gasteiger partial charge in [0, 0.05) is 0 Å². The normalized spacial score (nSPS) is 9.80. The summed E-state index contributed by atoms with van der Waals surface area (Å²) in [4.78, 5) is 44.4. The van der Waals surface area contributed by atoms with Crippen molar-refractivity contribution in [3.05, 3.63) is 29.3 Å². The molecule has 0 fully saturated rings. The van der Waals surface area contributed by atoms with Gasteiger partial charge in [-0.05, 0) is 31.1 Å². The smallest absolute Gasteiger partial charge is 0.807 e. The minimum Gasteiger partial charge on any atom is -0.807 e. The molecule has 0 heterocycles. The Hall–Kier alpha value is 0.310. The van der Waals surface area contributed by atoms with Crippen LogP contribution >= 0.6 is 7.60 Å². The molecule has 98 valence electrons. The topological polar surface area (TPSA) is 116 Å². The van der Waals surface area contributed by atoms with E-state index in [-0.39, 0.29) is 70.2 Å². The summed E-state index contributed by atoms with van der Waals surface area (Å²) >= 11 is 0. The molecule has 0 saturated carbocycles. The van der Waals surface area contributed by atoms with E-state index in [2.05, 4.69) is 9.47 Å². The van der Waals surface area contributed by atoms with E-state index in [1.165, 1.54) is 0 Å². The molecule has 0 amide bonds. The molecule has 1 aromatic rings. The van der Waals surface area contributed by atoms with Crippen LogP contribution in [0.4, 0.5) is 0 Å². The van der Waals surface area contributed by atoms with Gasteiger partial charge in [0.15, 0.2) is 0 Å². The molecule has 7 nitrogen and oxygen atoms in total. The zero-order valence-electron chi connectivity index (χ0n) is 11.5. The maximum absolute atomic E-state index is 11.3. The van der Waals surface area contributed by atoms with Crippen LogP contribution in [0.3, 0.4) is 0 Å². The third kappa shape index (κ3) is 5.97. The summed E-state index contributed by atoms with van der Waals surface area (Å²) in [5, 5.41) is -0.675. The summed E-state index contributed by atoms with van der Waals surface area (Å²) in [6, 6.07) is 2.77. The number of carbonyl (C=O) groups is 2. The molecule has 0 aliphatic heterocycles. The van der Waals surface area contributed by atoms with Gasteiger partial charge < -0.3 is 23.8 Å². The second-order valence-electron chi connectivity index (χ2n) is 3.25. The standard InChI is InChI=1S/C10H11O7P.2Na/c1-16-9(11)6-3-7(10(12)17-2)5-8(4-6)18(13,14)15;;/h3-5H,1-2H3,(H2,13,14,15);;/q;2*+1/p-2. The predicted molar refractivity (Wildman–Crippen MR) is 56.4 cm³/mol. The second kappa shape index (κ2) is 9.35. The van der Waals surface area contributed by atoms with Crippen LogP contribution in [0.15, 0.2) is 18.2 Å². The summed E-state index contributed by atoms with van der Waals surface area (Å²) in [7, 11) is -2.92. The quantitative estimate of drug-likeness (QED) is 0.309. The fraction of sp³-hybridized carbons (Fsp3) is 0.200. The minimum absolute atomic E-state index is 0. The van der Waals surface area contributed by atoms with Crippen molar-refractivity contribution in [3.8, 4) is 0 Å². The maximum Gasteiger partial charge on any atom is 1.00 e. The Morgan fingerprint density at radius 1 is 0.950 bits per heavy atom. The molecule has 0 N–H and O–H groups in total. The van der Waals surface area contributed by atoms with Gasteiger partial charge in [0.2, 0.25) is 0 Å². The molecule has 0 aromatic heterocycles. The van der Waals surface area contributed by atoms with Gasteiger partial charge in [-0.15, -0.1) is 0 Å². The van der Waals surface area contributed by atoms with Crippen molar-refractivity contribution in [2.24, 2.45) is 0 Å². The van der Waals surface area contributed by atoms with Gasteiger partial charge in [-0.1, -0.05) is 0 Å². The molecule has 20 heavy (non-hydrogen) atoms. The van der Waals surface area contributed by atoms with Crippen LogP contribution in [0, 0.1) is 0 Å². The number of hydrogen-bond acceptors (Lipinski definition) is 7. The molecule has 10 heteroatoms. The number of rotatable bonds is 3. The SMILES string of the molecule is COC(=O)c1cc(C(=O)OC)cc(P(=O)([O-])[O-])c1.[Na+].[Na+]. The molecule has 1 aromatic carbocycles. The number of hydrogen-bond donors (Lipinski definition) is 0. The van der Waals surface area contributed by atoms with Crippen LogP contribution in [0.1, 0.15) is 20.7 Å². The molecule has 1 rings (SSSR count). The van der Waals surface area contributed by atoms with E-state index in [1.54, 1.807) is 0 Å². The zero-order chi connectivity index (χ0) is 13.9. The van der Waals surface area contributed by atoms with Gasteiger partial charge in [0.05, 0.1) is 25.3 Å². The Balaban J connectivity index is 0. The maximum atomic E-state index is 11.3. The average Bonchev–Trinajstić information content (AvgIpc) is 2.35. The van der Waals surface area contributed by atoms with Crippen molar-refractivity contribution in [3.63, 3.8) is 0 Å². The predicted octanol–water partition coefficient (Wildman–Crippen LogP) is -7.19. The molecule has 0 aliphatic carbocycles. The molecule has 0 atom stereocenters. The molecule has 0 unspecified atom stereocenters. The summed E-state index contributed by atoms with van der Waals surface area (Å²) in [6.07, 6.45) is 0. The Bertz CT molecular complexity index is 506. The van der Waals surface area contributed by atoms with Gasteiger partial charge in [-0.2, -0.15) is 0 Å². The summed E-state index contributed by atoms with van der Waals surface area (Å²) < 4.78 is 19.7. The van der Waals surface area contributed by atoms with Crippen molar-refractivity contribution in [1.82, 2.24) is 0 Å². The van der Waals surface area contributed by atoms with E-state index in [0.29, 0.717) is 0 Å². The minimum atomic E-state index is -5.09. The van der Waals surface area contributed by atoms with E-state index < -0.39 is 24.8 Å². The monoisotopic (exact) mass is 318 g/mol. The Morgan fingerprint density at radius 2 is 1.30 bits per heavy atom. The third-order valence-corrected chi connectivity index (χ3v) is 2.97. The van der Waals surface area contributed by atoms with E-state index in [0.717, 1.165) is 32.4 Å². The first-order valence-electron chi connectivity index (χ1n) is 4.64. The summed E-state index contributed by atoms with van der Waals surface area (Å²) in [5.74, 6) is -1.73. The number of esters is 2. The Morgan fingerprint density at radius 3 is 1.55 bits per heavy atom. The van der Waals surface area contributed by atoms with E-state index in [4.69, 9.17) is 0 Å². The first kappa shape index (κ1) is 22.6. The summed E-state index contributed by atoms with van der Waals surface area (Å²) in [6.45, 7) is 0. The van der Waals surface area contributed by atoms with Gasteiger partial charge in [-0.25, -0.2) is 9.59 Å². The van der Waals surface area contributed by atoms with Gasteiger partial charge in [0.25, 0.3) is 0 Å². The molecule has 0 aliphatic rings. The van der Waals surface area contributed by atoms with E-state index >= 15 is 0 Å². The summed E-state index contributed by atoms with van der Waals surface area (Å²) in [5.41, 5.74) is -0.440. The molecular weight excluding hydrogens is 309 g/mol. The zero-order valence-corrected chi connectivity index (χ0v) is 16.4. The van der Waals surface area contributed by atoms with Crippen LogP contribution in [0.25, 0.3) is 0 Å². The molecule has 0 spiro atoms. The van der Waals surface area contributed by atoms with Crippen molar-refractivity contribution in [2.45, 2.75) is 0 Å². The van der Waals surface area contributed by atoms with Gasteiger partial charge in [-0.3, -0.25) is 0 Å². The molecule has 0 radical (unpaired) electrons. The van der Waals surface area contributed by atoms with Crippen molar-refractivity contribution < 1.29 is 92.5 Å². The number of carbonyl (C=O) groups excluding carboxylic acids is 2. The van der Waals surface area contributed by atoms with Crippen LogP contribution in [-0.4, -0.2) is 26.2 Å². The fourth-order valence-electron chi connectivity index (χ4n) is 1.24. The van der Waals surface area contributed by atoms with Crippen LogP contribution < -0.4 is 74.2 Å². The van der Waals surface area contributed by atoms with Crippen molar-refractivity contribution >= 4 is 24.8 Å². The molecule has 0 bridgehead atoms. The fourth-order valence-corrected chi connectivity index (χ4v) is 1.84. The van der Waals surface area contributed by atoms with Crippen molar-refractivity contribution in [1.29, 1.82) is 0 Å². The van der Waals surface area contributed by atoms with Crippen LogP contribution in [0.5, 0.6) is 0 Å². The van der Waals surface area contributed by atoms with E-state index in [9.17, 15) is 23.9 Å². The Kier molecular flexibility index (Phi) is 10.6. The Labute approximate surface area is 159 Å². The second-order valence-corrected chi connectivity index (χ2v) is 4.76. The largest absolute Gasteiger partial charge is 1.00 e. The number of methoxy groups -OCH3 is 2. The first-order valence-corrected chi connectivity index (χ1v) is 6.18. The van der Waals surface area contributed by atoms with Gasteiger partial charge in [0.1, 0.15) is 0 Å². The number of benzene rings is 1. The number of ether oxygens (including phenoxy) is 2. The van der Waals surface area contributed by atoms with Crippen LogP contribution in [-0.2, 0) is 14.0 Å². The van der Waals surface area contributed by atoms with Gasteiger partial charge >= 0.3 is 71.1 Å². The molecular formula is C10H9Na2O7P. The first-order chi connectivity index (χ1) is 8.29.